The van der Waals surface area contributed by atoms with Gasteiger partial charge in [0.2, 0.25) is 0 Å². The molecule has 0 radical (unpaired) electrons. The molecule has 0 amide bonds. The Kier molecular flexibility index (Phi) is 7.36. The lowest BCUT2D eigenvalue weighted by Gasteiger charge is -2.33. The van der Waals surface area contributed by atoms with Crippen molar-refractivity contribution >= 4 is 41.3 Å². The topological polar surface area (TPSA) is 40.5 Å². The van der Waals surface area contributed by atoms with Gasteiger partial charge in [0.05, 0.1) is 6.54 Å². The smallest absolute Gasteiger partial charge is 0.350 e. The van der Waals surface area contributed by atoms with E-state index < -0.39 is 11.9 Å². The molecule has 1 aromatic heterocycles. The molecule has 0 spiro atoms. The molecule has 1 fully saturated rings. The number of piperidine rings is 1. The first-order valence-electron chi connectivity index (χ1n) is 6.87. The molecule has 9 heteroatoms. The first kappa shape index (κ1) is 19.5. The molecular formula is C13H20F3IN4S. The number of guanidine groups is 1. The SMILES string of the molecule is CN=C(NCc1nc(C(F)(F)F)cs1)N1CCCC(C)C1.I. The van der Waals surface area contributed by atoms with Crippen LogP contribution in [-0.2, 0) is 12.7 Å². The third kappa shape index (κ3) is 5.25. The summed E-state index contributed by atoms with van der Waals surface area (Å²) in [4.78, 5) is 9.95. The lowest BCUT2D eigenvalue weighted by Crippen LogP contribution is -2.45. The zero-order chi connectivity index (χ0) is 15.5. The number of hydrogen-bond acceptors (Lipinski definition) is 3. The molecule has 2 heterocycles. The zero-order valence-electron chi connectivity index (χ0n) is 12.5. The van der Waals surface area contributed by atoms with Crippen LogP contribution in [-0.4, -0.2) is 36.0 Å². The van der Waals surface area contributed by atoms with Crippen molar-refractivity contribution in [2.24, 2.45) is 10.9 Å². The predicted molar refractivity (Wildman–Crippen MR) is 92.7 cm³/mol. The fourth-order valence-corrected chi connectivity index (χ4v) is 3.13. The number of likely N-dealkylation sites (tertiary alicyclic amines) is 1. The number of nitrogens with zero attached hydrogens (tertiary/aromatic N) is 3. The van der Waals surface area contributed by atoms with E-state index in [2.05, 4.69) is 27.1 Å². The number of thiazole rings is 1. The van der Waals surface area contributed by atoms with Crippen molar-refractivity contribution in [3.63, 3.8) is 0 Å². The first-order chi connectivity index (χ1) is 9.90. The summed E-state index contributed by atoms with van der Waals surface area (Å²) in [6, 6.07) is 0. The average molecular weight is 448 g/mol. The van der Waals surface area contributed by atoms with Crippen molar-refractivity contribution in [2.75, 3.05) is 20.1 Å². The number of rotatable bonds is 2. The molecule has 1 aliphatic rings. The van der Waals surface area contributed by atoms with Crippen molar-refractivity contribution in [2.45, 2.75) is 32.5 Å². The molecule has 1 aromatic rings. The molecule has 1 unspecified atom stereocenters. The van der Waals surface area contributed by atoms with E-state index in [9.17, 15) is 13.2 Å². The fourth-order valence-electron chi connectivity index (χ4n) is 2.39. The van der Waals surface area contributed by atoms with E-state index in [0.29, 0.717) is 10.9 Å². The van der Waals surface area contributed by atoms with Crippen LogP contribution in [0, 0.1) is 5.92 Å². The number of nitrogens with one attached hydrogen (secondary N) is 1. The van der Waals surface area contributed by atoms with Crippen molar-refractivity contribution in [1.29, 1.82) is 0 Å². The lowest BCUT2D eigenvalue weighted by atomic mass is 10.0. The standard InChI is InChI=1S/C13H19F3N4S.HI/c1-9-4-3-5-20(7-9)12(17-2)18-6-11-19-10(8-21-11)13(14,15)16;/h8-9H,3-7H2,1-2H3,(H,17,18);1H. The van der Waals surface area contributed by atoms with Crippen molar-refractivity contribution < 1.29 is 13.2 Å². The number of hydrogen-bond donors (Lipinski definition) is 1. The Hall–Kier alpha value is -0.580. The van der Waals surface area contributed by atoms with Gasteiger partial charge in [0, 0.05) is 25.5 Å². The highest BCUT2D eigenvalue weighted by Gasteiger charge is 2.33. The Balaban J connectivity index is 0.00000242. The molecule has 2 rings (SSSR count). The summed E-state index contributed by atoms with van der Waals surface area (Å²) < 4.78 is 37.5. The summed E-state index contributed by atoms with van der Waals surface area (Å²) in [6.07, 6.45) is -2.06. The summed E-state index contributed by atoms with van der Waals surface area (Å²) >= 11 is 1.01. The molecular weight excluding hydrogens is 428 g/mol. The van der Waals surface area contributed by atoms with Crippen molar-refractivity contribution in [3.8, 4) is 0 Å². The largest absolute Gasteiger partial charge is 0.434 e. The summed E-state index contributed by atoms with van der Waals surface area (Å²) in [5.41, 5.74) is -0.828. The molecule has 1 saturated heterocycles. The van der Waals surface area contributed by atoms with Crippen molar-refractivity contribution in [1.82, 2.24) is 15.2 Å². The van der Waals surface area contributed by atoms with Crippen LogP contribution in [0.3, 0.4) is 0 Å². The molecule has 1 N–H and O–H groups in total. The molecule has 0 bridgehead atoms. The highest BCUT2D eigenvalue weighted by molar-refractivity contribution is 14.0. The van der Waals surface area contributed by atoms with Gasteiger partial charge in [0.15, 0.2) is 11.7 Å². The maximum atomic E-state index is 12.5. The van der Waals surface area contributed by atoms with E-state index >= 15 is 0 Å². The Bertz CT molecular complexity index is 504. The van der Waals surface area contributed by atoms with Gasteiger partial charge in [-0.25, -0.2) is 4.98 Å². The van der Waals surface area contributed by atoms with Crippen LogP contribution in [0.15, 0.2) is 10.4 Å². The minimum absolute atomic E-state index is 0. The quantitative estimate of drug-likeness (QED) is 0.427. The van der Waals surface area contributed by atoms with Gasteiger partial charge >= 0.3 is 6.18 Å². The fraction of sp³-hybridized carbons (Fsp3) is 0.692. The molecule has 0 saturated carbocycles. The van der Waals surface area contributed by atoms with Crippen LogP contribution in [0.5, 0.6) is 0 Å². The van der Waals surface area contributed by atoms with E-state index in [4.69, 9.17) is 0 Å². The van der Waals surface area contributed by atoms with Crippen LogP contribution in [0.2, 0.25) is 0 Å². The number of halogens is 4. The van der Waals surface area contributed by atoms with Crippen LogP contribution >= 0.6 is 35.3 Å². The van der Waals surface area contributed by atoms with Crippen LogP contribution in [0.25, 0.3) is 0 Å². The minimum atomic E-state index is -4.38. The second kappa shape index (κ2) is 8.32. The zero-order valence-corrected chi connectivity index (χ0v) is 15.6. The van der Waals surface area contributed by atoms with Crippen LogP contribution in [0.4, 0.5) is 13.2 Å². The summed E-state index contributed by atoms with van der Waals surface area (Å²) in [5.74, 6) is 1.33. The number of aromatic nitrogens is 1. The lowest BCUT2D eigenvalue weighted by molar-refractivity contribution is -0.140. The predicted octanol–water partition coefficient (Wildman–Crippen LogP) is 3.59. The Morgan fingerprint density at radius 3 is 2.82 bits per heavy atom. The highest BCUT2D eigenvalue weighted by Crippen LogP contribution is 2.29. The van der Waals surface area contributed by atoms with Gasteiger partial charge in [-0.1, -0.05) is 6.92 Å². The molecule has 1 aliphatic heterocycles. The van der Waals surface area contributed by atoms with Gasteiger partial charge < -0.3 is 10.2 Å². The third-order valence-electron chi connectivity index (χ3n) is 3.41. The number of alkyl halides is 3. The monoisotopic (exact) mass is 448 g/mol. The summed E-state index contributed by atoms with van der Waals surface area (Å²) in [7, 11) is 1.69. The van der Waals surface area contributed by atoms with E-state index in [1.54, 1.807) is 7.05 Å². The average Bonchev–Trinajstić information content (AvgIpc) is 2.88. The van der Waals surface area contributed by atoms with E-state index in [-0.39, 0.29) is 30.5 Å². The van der Waals surface area contributed by atoms with Gasteiger partial charge in [-0.15, -0.1) is 35.3 Å². The normalized spacial score (nSPS) is 19.8. The van der Waals surface area contributed by atoms with E-state index in [1.807, 2.05) is 0 Å². The van der Waals surface area contributed by atoms with E-state index in [0.717, 1.165) is 42.2 Å². The number of aliphatic imine (C=N–C) groups is 1. The van der Waals surface area contributed by atoms with Gasteiger partial charge in [0.25, 0.3) is 0 Å². The summed E-state index contributed by atoms with van der Waals surface area (Å²) in [5, 5.41) is 4.55. The minimum Gasteiger partial charge on any atom is -0.350 e. The highest BCUT2D eigenvalue weighted by atomic mass is 127. The summed E-state index contributed by atoms with van der Waals surface area (Å²) in [6.45, 7) is 4.30. The van der Waals surface area contributed by atoms with Crippen LogP contribution in [0.1, 0.15) is 30.5 Å². The maximum absolute atomic E-state index is 12.5. The molecule has 1 atom stereocenters. The van der Waals surface area contributed by atoms with Gasteiger partial charge in [0.1, 0.15) is 5.01 Å². The molecule has 0 aliphatic carbocycles. The third-order valence-corrected chi connectivity index (χ3v) is 4.26. The van der Waals surface area contributed by atoms with E-state index in [1.165, 1.54) is 6.42 Å². The van der Waals surface area contributed by atoms with Crippen molar-refractivity contribution in [3.05, 3.63) is 16.1 Å². The van der Waals surface area contributed by atoms with Crippen LogP contribution < -0.4 is 5.32 Å². The molecule has 4 nitrogen and oxygen atoms in total. The molecule has 22 heavy (non-hydrogen) atoms. The maximum Gasteiger partial charge on any atom is 0.434 e. The second-order valence-electron chi connectivity index (χ2n) is 5.22. The van der Waals surface area contributed by atoms with Gasteiger partial charge in [-0.3, -0.25) is 4.99 Å². The molecule has 0 aromatic carbocycles. The second-order valence-corrected chi connectivity index (χ2v) is 6.16. The first-order valence-corrected chi connectivity index (χ1v) is 7.75. The Labute approximate surface area is 149 Å². The van der Waals surface area contributed by atoms with Gasteiger partial charge in [-0.2, -0.15) is 13.2 Å². The Morgan fingerprint density at radius 1 is 1.55 bits per heavy atom. The molecule has 126 valence electrons. The van der Waals surface area contributed by atoms with Gasteiger partial charge in [-0.05, 0) is 18.8 Å². The Morgan fingerprint density at radius 2 is 2.27 bits per heavy atom.